The lowest BCUT2D eigenvalue weighted by molar-refractivity contribution is 0.0766. The van der Waals surface area contributed by atoms with Gasteiger partial charge < -0.3 is 4.90 Å². The number of carbonyl (C=O) groups excluding carboxylic acids is 1. The van der Waals surface area contributed by atoms with Crippen LogP contribution in [0.2, 0.25) is 5.02 Å². The van der Waals surface area contributed by atoms with Gasteiger partial charge in [-0.15, -0.1) is 0 Å². The average Bonchev–Trinajstić information content (AvgIpc) is 2.70. The lowest BCUT2D eigenvalue weighted by atomic mass is 10.1. The third-order valence-corrected chi connectivity index (χ3v) is 3.43. The van der Waals surface area contributed by atoms with E-state index in [1.165, 1.54) is 0 Å². The first-order valence-corrected chi connectivity index (χ1v) is 6.23. The van der Waals surface area contributed by atoms with Crippen molar-refractivity contribution in [1.29, 1.82) is 0 Å². The van der Waals surface area contributed by atoms with Gasteiger partial charge in [-0.05, 0) is 29.3 Å². The molecule has 1 heterocycles. The zero-order valence-electron chi connectivity index (χ0n) is 9.77. The fourth-order valence-corrected chi connectivity index (χ4v) is 2.38. The maximum atomic E-state index is 12.2. The molecule has 0 aliphatic carbocycles. The van der Waals surface area contributed by atoms with E-state index in [0.29, 0.717) is 13.1 Å². The Morgan fingerprint density at radius 3 is 2.50 bits per heavy atom. The van der Waals surface area contributed by atoms with Crippen LogP contribution in [0.25, 0.3) is 0 Å². The van der Waals surface area contributed by atoms with Gasteiger partial charge in [-0.25, -0.2) is 0 Å². The summed E-state index contributed by atoms with van der Waals surface area (Å²) < 4.78 is 0. The standard InChI is InChI=1S/C15H12ClNO/c16-13-7-5-11(6-8-13)9-17-10-12-3-1-2-4-14(12)15(17)18/h1-8H,9-10H2. The molecule has 0 N–H and O–H groups in total. The third-order valence-electron chi connectivity index (χ3n) is 3.18. The molecule has 0 saturated carbocycles. The topological polar surface area (TPSA) is 20.3 Å². The molecule has 2 aromatic rings. The Labute approximate surface area is 111 Å². The minimum atomic E-state index is 0.112. The van der Waals surface area contributed by atoms with Crippen LogP contribution in [-0.2, 0) is 13.1 Å². The highest BCUT2D eigenvalue weighted by Crippen LogP contribution is 2.24. The maximum Gasteiger partial charge on any atom is 0.254 e. The summed E-state index contributed by atoms with van der Waals surface area (Å²) in [7, 11) is 0. The van der Waals surface area contributed by atoms with Gasteiger partial charge in [0.1, 0.15) is 0 Å². The SMILES string of the molecule is O=C1c2ccccc2CN1Cc1ccc(Cl)cc1. The lowest BCUT2D eigenvalue weighted by Crippen LogP contribution is -2.23. The average molecular weight is 258 g/mol. The van der Waals surface area contributed by atoms with E-state index in [-0.39, 0.29) is 5.91 Å². The van der Waals surface area contributed by atoms with Crippen molar-refractivity contribution >= 4 is 17.5 Å². The highest BCUT2D eigenvalue weighted by Gasteiger charge is 2.26. The van der Waals surface area contributed by atoms with Gasteiger partial charge in [-0.3, -0.25) is 4.79 Å². The number of benzene rings is 2. The maximum absolute atomic E-state index is 12.2. The van der Waals surface area contributed by atoms with Crippen LogP contribution in [-0.4, -0.2) is 10.8 Å². The molecule has 1 aliphatic heterocycles. The van der Waals surface area contributed by atoms with E-state index in [0.717, 1.165) is 21.7 Å². The Morgan fingerprint density at radius 2 is 1.78 bits per heavy atom. The monoisotopic (exact) mass is 257 g/mol. The summed E-state index contributed by atoms with van der Waals surface area (Å²) in [6.45, 7) is 1.32. The first kappa shape index (κ1) is 11.3. The van der Waals surface area contributed by atoms with E-state index < -0.39 is 0 Å². The van der Waals surface area contributed by atoms with E-state index in [1.807, 2.05) is 53.4 Å². The number of carbonyl (C=O) groups is 1. The number of rotatable bonds is 2. The number of fused-ring (bicyclic) bond motifs is 1. The second-order valence-corrected chi connectivity index (χ2v) is 4.88. The van der Waals surface area contributed by atoms with E-state index in [9.17, 15) is 4.79 Å². The van der Waals surface area contributed by atoms with Gasteiger partial charge >= 0.3 is 0 Å². The highest BCUT2D eigenvalue weighted by molar-refractivity contribution is 6.30. The third kappa shape index (κ3) is 2.00. The summed E-state index contributed by atoms with van der Waals surface area (Å²) >= 11 is 5.85. The summed E-state index contributed by atoms with van der Waals surface area (Å²) in [5.74, 6) is 0.112. The predicted molar refractivity (Wildman–Crippen MR) is 71.5 cm³/mol. The molecule has 0 bridgehead atoms. The number of amides is 1. The van der Waals surface area contributed by atoms with E-state index in [2.05, 4.69) is 0 Å². The summed E-state index contributed by atoms with van der Waals surface area (Å²) in [4.78, 5) is 14.0. The van der Waals surface area contributed by atoms with Gasteiger partial charge in [0.05, 0.1) is 0 Å². The quantitative estimate of drug-likeness (QED) is 0.806. The molecule has 3 heteroatoms. The first-order chi connectivity index (χ1) is 8.74. The number of halogens is 1. The second kappa shape index (κ2) is 4.46. The van der Waals surface area contributed by atoms with Gasteiger partial charge in [0.15, 0.2) is 0 Å². The van der Waals surface area contributed by atoms with Crippen molar-refractivity contribution in [2.75, 3.05) is 0 Å². The normalized spacial score (nSPS) is 13.8. The molecular weight excluding hydrogens is 246 g/mol. The van der Waals surface area contributed by atoms with E-state index in [1.54, 1.807) is 0 Å². The largest absolute Gasteiger partial charge is 0.330 e. The smallest absolute Gasteiger partial charge is 0.254 e. The van der Waals surface area contributed by atoms with Gasteiger partial charge in [-0.1, -0.05) is 41.9 Å². The highest BCUT2D eigenvalue weighted by atomic mass is 35.5. The van der Waals surface area contributed by atoms with Crippen molar-refractivity contribution in [2.45, 2.75) is 13.1 Å². The Morgan fingerprint density at radius 1 is 1.06 bits per heavy atom. The van der Waals surface area contributed by atoms with Crippen molar-refractivity contribution in [3.8, 4) is 0 Å². The van der Waals surface area contributed by atoms with Crippen LogP contribution in [0, 0.1) is 0 Å². The predicted octanol–water partition coefficient (Wildman–Crippen LogP) is 3.50. The minimum Gasteiger partial charge on any atom is -0.330 e. The first-order valence-electron chi connectivity index (χ1n) is 5.85. The van der Waals surface area contributed by atoms with Crippen LogP contribution in [0.3, 0.4) is 0 Å². The fourth-order valence-electron chi connectivity index (χ4n) is 2.25. The van der Waals surface area contributed by atoms with Crippen molar-refractivity contribution in [3.63, 3.8) is 0 Å². The molecule has 1 aliphatic rings. The molecule has 2 nitrogen and oxygen atoms in total. The summed E-state index contributed by atoms with van der Waals surface area (Å²) in [5, 5.41) is 0.717. The summed E-state index contributed by atoms with van der Waals surface area (Å²) in [6.07, 6.45) is 0. The molecule has 90 valence electrons. The number of hydrogen-bond acceptors (Lipinski definition) is 1. The molecule has 18 heavy (non-hydrogen) atoms. The molecule has 0 atom stereocenters. The molecule has 0 unspecified atom stereocenters. The zero-order chi connectivity index (χ0) is 12.5. The summed E-state index contributed by atoms with van der Waals surface area (Å²) in [5.41, 5.74) is 3.03. The number of nitrogens with zero attached hydrogens (tertiary/aromatic N) is 1. The van der Waals surface area contributed by atoms with Crippen LogP contribution in [0.1, 0.15) is 21.5 Å². The molecule has 0 aromatic heterocycles. The molecule has 0 radical (unpaired) electrons. The van der Waals surface area contributed by atoms with Crippen molar-refractivity contribution in [3.05, 3.63) is 70.2 Å². The van der Waals surface area contributed by atoms with Gasteiger partial charge in [0, 0.05) is 23.7 Å². The molecule has 1 amide bonds. The second-order valence-electron chi connectivity index (χ2n) is 4.44. The van der Waals surface area contributed by atoms with Crippen molar-refractivity contribution in [2.24, 2.45) is 0 Å². The van der Waals surface area contributed by atoms with Crippen LogP contribution >= 0.6 is 11.6 Å². The van der Waals surface area contributed by atoms with Crippen LogP contribution < -0.4 is 0 Å². The fraction of sp³-hybridized carbons (Fsp3) is 0.133. The molecule has 0 spiro atoms. The van der Waals surface area contributed by atoms with Crippen LogP contribution in [0.5, 0.6) is 0 Å². The van der Waals surface area contributed by atoms with Gasteiger partial charge in [0.2, 0.25) is 0 Å². The number of hydrogen-bond donors (Lipinski definition) is 0. The molecule has 3 rings (SSSR count). The van der Waals surface area contributed by atoms with Crippen LogP contribution in [0.4, 0.5) is 0 Å². The Bertz CT molecular complexity index is 592. The Hall–Kier alpha value is -1.80. The van der Waals surface area contributed by atoms with Gasteiger partial charge in [0.25, 0.3) is 5.91 Å². The molecule has 0 fully saturated rings. The van der Waals surface area contributed by atoms with E-state index >= 15 is 0 Å². The zero-order valence-corrected chi connectivity index (χ0v) is 10.5. The summed E-state index contributed by atoms with van der Waals surface area (Å²) in [6, 6.07) is 15.4. The van der Waals surface area contributed by atoms with Crippen molar-refractivity contribution in [1.82, 2.24) is 4.90 Å². The molecule has 2 aromatic carbocycles. The Balaban J connectivity index is 1.81. The molecule has 0 saturated heterocycles. The minimum absolute atomic E-state index is 0.112. The van der Waals surface area contributed by atoms with Crippen LogP contribution in [0.15, 0.2) is 48.5 Å². The Kier molecular flexibility index (Phi) is 2.80. The van der Waals surface area contributed by atoms with Crippen molar-refractivity contribution < 1.29 is 4.79 Å². The van der Waals surface area contributed by atoms with E-state index in [4.69, 9.17) is 11.6 Å². The van der Waals surface area contributed by atoms with Gasteiger partial charge in [-0.2, -0.15) is 0 Å². The lowest BCUT2D eigenvalue weighted by Gasteiger charge is -2.15. The molecular formula is C15H12ClNO.